The van der Waals surface area contributed by atoms with Crippen molar-refractivity contribution in [2.75, 3.05) is 7.11 Å². The molecule has 1 heterocycles. The van der Waals surface area contributed by atoms with E-state index in [1.807, 2.05) is 0 Å². The molecule has 80 valence electrons. The number of benzene rings is 1. The van der Waals surface area contributed by atoms with Gasteiger partial charge in [-0.25, -0.2) is 0 Å². The highest BCUT2D eigenvalue weighted by Crippen LogP contribution is 2.32. The molecule has 0 aliphatic rings. The summed E-state index contributed by atoms with van der Waals surface area (Å²) in [6, 6.07) is 0. The van der Waals surface area contributed by atoms with E-state index in [1.165, 1.54) is 22.3 Å². The molecular weight excluding hydrogens is 188 g/mol. The maximum atomic E-state index is 5.26. The fraction of sp³-hybridized carbons (Fsp3) is 0.417. The third kappa shape index (κ3) is 1.23. The van der Waals surface area contributed by atoms with Crippen LogP contribution in [-0.4, -0.2) is 17.3 Å². The monoisotopic (exact) mass is 204 g/mol. The van der Waals surface area contributed by atoms with Gasteiger partial charge in [0.25, 0.3) is 0 Å². The van der Waals surface area contributed by atoms with E-state index in [0.29, 0.717) is 5.88 Å². The number of fused-ring (bicyclic) bond motifs is 1. The lowest BCUT2D eigenvalue weighted by atomic mass is 9.96. The number of H-pyrrole nitrogens is 1. The number of aromatic nitrogens is 2. The van der Waals surface area contributed by atoms with Crippen LogP contribution < -0.4 is 4.74 Å². The van der Waals surface area contributed by atoms with Crippen LogP contribution in [0.5, 0.6) is 5.88 Å². The Labute approximate surface area is 89.4 Å². The first-order valence-electron chi connectivity index (χ1n) is 5.06. The molecule has 0 atom stereocenters. The second kappa shape index (κ2) is 3.26. The number of aromatic amines is 1. The van der Waals surface area contributed by atoms with E-state index in [0.717, 1.165) is 10.9 Å². The van der Waals surface area contributed by atoms with Crippen molar-refractivity contribution < 1.29 is 4.74 Å². The minimum Gasteiger partial charge on any atom is -0.479 e. The molecule has 1 N–H and O–H groups in total. The van der Waals surface area contributed by atoms with Gasteiger partial charge >= 0.3 is 0 Å². The van der Waals surface area contributed by atoms with Crippen molar-refractivity contribution in [3.63, 3.8) is 0 Å². The highest BCUT2D eigenvalue weighted by molar-refractivity contribution is 5.91. The third-order valence-corrected chi connectivity index (χ3v) is 3.36. The molecule has 1 aromatic heterocycles. The zero-order valence-corrected chi connectivity index (χ0v) is 9.86. The van der Waals surface area contributed by atoms with Crippen molar-refractivity contribution in [3.05, 3.63) is 22.3 Å². The number of aryl methyl sites for hydroxylation is 2. The minimum atomic E-state index is 0.689. The fourth-order valence-electron chi connectivity index (χ4n) is 2.03. The Morgan fingerprint density at radius 2 is 1.53 bits per heavy atom. The van der Waals surface area contributed by atoms with Crippen LogP contribution in [-0.2, 0) is 0 Å². The highest BCUT2D eigenvalue weighted by Gasteiger charge is 2.15. The van der Waals surface area contributed by atoms with Crippen LogP contribution in [0.2, 0.25) is 0 Å². The summed E-state index contributed by atoms with van der Waals surface area (Å²) in [7, 11) is 1.65. The predicted molar refractivity (Wildman–Crippen MR) is 61.6 cm³/mol. The normalized spacial score (nSPS) is 11.0. The van der Waals surface area contributed by atoms with Gasteiger partial charge < -0.3 is 4.74 Å². The first kappa shape index (κ1) is 10.0. The SMILES string of the molecule is COc1n[nH]c2c(C)c(C)c(C)c(C)c12. The average Bonchev–Trinajstić information content (AvgIpc) is 2.67. The van der Waals surface area contributed by atoms with E-state index in [4.69, 9.17) is 4.74 Å². The summed E-state index contributed by atoms with van der Waals surface area (Å²) >= 11 is 0. The summed E-state index contributed by atoms with van der Waals surface area (Å²) in [6.45, 7) is 8.51. The number of hydrogen-bond acceptors (Lipinski definition) is 2. The van der Waals surface area contributed by atoms with Gasteiger partial charge in [-0.15, -0.1) is 5.10 Å². The predicted octanol–water partition coefficient (Wildman–Crippen LogP) is 2.81. The van der Waals surface area contributed by atoms with Crippen molar-refractivity contribution in [2.24, 2.45) is 0 Å². The Morgan fingerprint density at radius 3 is 2.13 bits per heavy atom. The maximum absolute atomic E-state index is 5.26. The Balaban J connectivity index is 2.97. The average molecular weight is 204 g/mol. The third-order valence-electron chi connectivity index (χ3n) is 3.36. The number of nitrogens with one attached hydrogen (secondary N) is 1. The molecule has 2 rings (SSSR count). The molecule has 0 saturated carbocycles. The molecule has 0 aliphatic carbocycles. The van der Waals surface area contributed by atoms with E-state index in [2.05, 4.69) is 37.9 Å². The first-order chi connectivity index (χ1) is 7.07. The van der Waals surface area contributed by atoms with Crippen LogP contribution in [0, 0.1) is 27.7 Å². The van der Waals surface area contributed by atoms with E-state index in [1.54, 1.807) is 7.11 Å². The quantitative estimate of drug-likeness (QED) is 0.775. The number of rotatable bonds is 1. The Hall–Kier alpha value is -1.51. The molecule has 1 aromatic carbocycles. The largest absolute Gasteiger partial charge is 0.479 e. The molecule has 0 spiro atoms. The van der Waals surface area contributed by atoms with Gasteiger partial charge in [0, 0.05) is 0 Å². The summed E-state index contributed by atoms with van der Waals surface area (Å²) in [5, 5.41) is 8.32. The summed E-state index contributed by atoms with van der Waals surface area (Å²) in [5.41, 5.74) is 6.24. The molecule has 0 amide bonds. The molecule has 0 unspecified atom stereocenters. The lowest BCUT2D eigenvalue weighted by molar-refractivity contribution is 0.401. The Morgan fingerprint density at radius 1 is 0.933 bits per heavy atom. The summed E-state index contributed by atoms with van der Waals surface area (Å²) < 4.78 is 5.26. The number of ether oxygens (including phenoxy) is 1. The number of methoxy groups -OCH3 is 1. The standard InChI is InChI=1S/C12H16N2O/c1-6-7(2)9(4)11-10(8(6)3)12(15-5)14-13-11/h1-5H3,(H,13,14). The van der Waals surface area contributed by atoms with E-state index in [-0.39, 0.29) is 0 Å². The van der Waals surface area contributed by atoms with E-state index < -0.39 is 0 Å². The molecule has 0 aliphatic heterocycles. The van der Waals surface area contributed by atoms with Gasteiger partial charge in [0.05, 0.1) is 18.0 Å². The maximum Gasteiger partial charge on any atom is 0.240 e. The fourth-order valence-corrected chi connectivity index (χ4v) is 2.03. The summed E-state index contributed by atoms with van der Waals surface area (Å²) in [5.74, 6) is 0.689. The van der Waals surface area contributed by atoms with Crippen molar-refractivity contribution in [3.8, 4) is 5.88 Å². The van der Waals surface area contributed by atoms with Crippen molar-refractivity contribution in [1.82, 2.24) is 10.2 Å². The second-order valence-electron chi connectivity index (χ2n) is 3.98. The molecule has 2 aromatic rings. The summed E-state index contributed by atoms with van der Waals surface area (Å²) in [4.78, 5) is 0. The van der Waals surface area contributed by atoms with E-state index >= 15 is 0 Å². The Kier molecular flexibility index (Phi) is 2.18. The van der Waals surface area contributed by atoms with Gasteiger partial charge in [-0.1, -0.05) is 0 Å². The van der Waals surface area contributed by atoms with Gasteiger partial charge in [-0.05, 0) is 49.9 Å². The topological polar surface area (TPSA) is 37.9 Å². The van der Waals surface area contributed by atoms with Crippen LogP contribution in [0.25, 0.3) is 10.9 Å². The molecule has 0 fully saturated rings. The zero-order chi connectivity index (χ0) is 11.2. The Bertz CT molecular complexity index is 526. The zero-order valence-electron chi connectivity index (χ0n) is 9.86. The smallest absolute Gasteiger partial charge is 0.240 e. The van der Waals surface area contributed by atoms with Crippen molar-refractivity contribution in [2.45, 2.75) is 27.7 Å². The lowest BCUT2D eigenvalue weighted by Gasteiger charge is -2.10. The number of nitrogens with zero attached hydrogens (tertiary/aromatic N) is 1. The number of hydrogen-bond donors (Lipinski definition) is 1. The second-order valence-corrected chi connectivity index (χ2v) is 3.98. The van der Waals surface area contributed by atoms with Crippen LogP contribution in [0.15, 0.2) is 0 Å². The lowest BCUT2D eigenvalue weighted by Crippen LogP contribution is -1.93. The van der Waals surface area contributed by atoms with Gasteiger partial charge in [-0.3, -0.25) is 5.10 Å². The highest BCUT2D eigenvalue weighted by atomic mass is 16.5. The van der Waals surface area contributed by atoms with Gasteiger partial charge in [0.2, 0.25) is 5.88 Å². The molecule has 0 bridgehead atoms. The van der Waals surface area contributed by atoms with Gasteiger partial charge in [-0.2, -0.15) is 0 Å². The molecule has 3 heteroatoms. The van der Waals surface area contributed by atoms with Gasteiger partial charge in [0.15, 0.2) is 0 Å². The van der Waals surface area contributed by atoms with Crippen LogP contribution in [0.3, 0.4) is 0 Å². The first-order valence-corrected chi connectivity index (χ1v) is 5.06. The molecule has 0 saturated heterocycles. The van der Waals surface area contributed by atoms with Crippen molar-refractivity contribution in [1.29, 1.82) is 0 Å². The summed E-state index contributed by atoms with van der Waals surface area (Å²) in [6.07, 6.45) is 0. The van der Waals surface area contributed by atoms with Crippen LogP contribution >= 0.6 is 0 Å². The molecule has 3 nitrogen and oxygen atoms in total. The molecule has 0 radical (unpaired) electrons. The van der Waals surface area contributed by atoms with Crippen LogP contribution in [0.1, 0.15) is 22.3 Å². The minimum absolute atomic E-state index is 0.689. The van der Waals surface area contributed by atoms with Crippen molar-refractivity contribution >= 4 is 10.9 Å². The molecule has 15 heavy (non-hydrogen) atoms. The van der Waals surface area contributed by atoms with Crippen LogP contribution in [0.4, 0.5) is 0 Å². The van der Waals surface area contributed by atoms with Gasteiger partial charge in [0.1, 0.15) is 0 Å². The molecular formula is C12H16N2O. The van der Waals surface area contributed by atoms with E-state index in [9.17, 15) is 0 Å².